The molecular weight excluding hydrogens is 154 g/mol. The Bertz CT molecular complexity index is 408. The lowest BCUT2D eigenvalue weighted by Gasteiger charge is -1.95. The van der Waals surface area contributed by atoms with Crippen molar-refractivity contribution >= 4 is 5.65 Å². The average molecular weight is 163 g/mol. The molecule has 4 nitrogen and oxygen atoms in total. The highest BCUT2D eigenvalue weighted by molar-refractivity contribution is 5.51. The van der Waals surface area contributed by atoms with Crippen molar-refractivity contribution in [2.24, 2.45) is 0 Å². The second kappa shape index (κ2) is 2.48. The summed E-state index contributed by atoms with van der Waals surface area (Å²) < 4.78 is 1.79. The van der Waals surface area contributed by atoms with E-state index in [1.807, 2.05) is 13.1 Å². The highest BCUT2D eigenvalue weighted by Gasteiger charge is 2.05. The lowest BCUT2D eigenvalue weighted by Crippen LogP contribution is -1.90. The zero-order chi connectivity index (χ0) is 8.55. The molecule has 62 valence electrons. The maximum Gasteiger partial charge on any atom is 0.203 e. The summed E-state index contributed by atoms with van der Waals surface area (Å²) in [6.45, 7) is 2.00. The monoisotopic (exact) mass is 163 g/mol. The minimum absolute atomic E-state index is 0.171. The van der Waals surface area contributed by atoms with Crippen molar-refractivity contribution in [3.05, 3.63) is 24.2 Å². The Labute approximate surface area is 69.5 Å². The summed E-state index contributed by atoms with van der Waals surface area (Å²) in [6.07, 6.45) is 2.65. The van der Waals surface area contributed by atoms with Crippen molar-refractivity contribution in [1.82, 2.24) is 14.6 Å². The van der Waals surface area contributed by atoms with Gasteiger partial charge < -0.3 is 5.11 Å². The molecule has 0 aromatic carbocycles. The van der Waals surface area contributed by atoms with Crippen LogP contribution >= 0.6 is 0 Å². The van der Waals surface area contributed by atoms with Crippen LogP contribution in [-0.4, -0.2) is 19.7 Å². The topological polar surface area (TPSA) is 50.4 Å². The molecule has 0 unspecified atom stereocenters. The lowest BCUT2D eigenvalue weighted by atomic mass is 10.4. The second-order valence-corrected chi connectivity index (χ2v) is 2.56. The van der Waals surface area contributed by atoms with Gasteiger partial charge in [-0.25, -0.2) is 0 Å². The van der Waals surface area contributed by atoms with E-state index in [1.54, 1.807) is 16.5 Å². The van der Waals surface area contributed by atoms with Crippen LogP contribution in [0.1, 0.15) is 12.7 Å². The van der Waals surface area contributed by atoms with Crippen LogP contribution in [0.2, 0.25) is 0 Å². The van der Waals surface area contributed by atoms with Crippen LogP contribution in [0.5, 0.6) is 5.75 Å². The number of aryl methyl sites for hydroxylation is 1. The molecule has 0 atom stereocenters. The molecule has 2 heterocycles. The summed E-state index contributed by atoms with van der Waals surface area (Å²) in [6, 6.07) is 3.37. The zero-order valence-corrected chi connectivity index (χ0v) is 6.73. The molecule has 0 radical (unpaired) electrons. The smallest absolute Gasteiger partial charge is 0.203 e. The molecule has 0 fully saturated rings. The van der Waals surface area contributed by atoms with Crippen molar-refractivity contribution in [3.63, 3.8) is 0 Å². The summed E-state index contributed by atoms with van der Waals surface area (Å²) in [4.78, 5) is 0. The van der Waals surface area contributed by atoms with Crippen LogP contribution in [0.25, 0.3) is 5.65 Å². The third-order valence-electron chi connectivity index (χ3n) is 1.80. The fourth-order valence-electron chi connectivity index (χ4n) is 1.19. The lowest BCUT2D eigenvalue weighted by molar-refractivity contribution is 0.477. The van der Waals surface area contributed by atoms with Crippen LogP contribution in [0.4, 0.5) is 0 Å². The number of pyridine rings is 1. The van der Waals surface area contributed by atoms with Gasteiger partial charge in [-0.05, 0) is 12.1 Å². The van der Waals surface area contributed by atoms with E-state index in [-0.39, 0.29) is 5.75 Å². The second-order valence-electron chi connectivity index (χ2n) is 2.56. The predicted molar refractivity (Wildman–Crippen MR) is 44.0 cm³/mol. The Kier molecular flexibility index (Phi) is 1.46. The van der Waals surface area contributed by atoms with Gasteiger partial charge in [0.05, 0.1) is 0 Å². The fraction of sp³-hybridized carbons (Fsp3) is 0.250. The van der Waals surface area contributed by atoms with Gasteiger partial charge in [0, 0.05) is 12.6 Å². The van der Waals surface area contributed by atoms with E-state index >= 15 is 0 Å². The molecule has 0 aliphatic heterocycles. The largest absolute Gasteiger partial charge is 0.504 e. The molecule has 1 N–H and O–H groups in total. The van der Waals surface area contributed by atoms with Crippen molar-refractivity contribution < 1.29 is 5.11 Å². The highest BCUT2D eigenvalue weighted by Crippen LogP contribution is 2.15. The summed E-state index contributed by atoms with van der Waals surface area (Å²) in [5, 5.41) is 17.1. The summed E-state index contributed by atoms with van der Waals surface area (Å²) in [5.41, 5.74) is 0.523. The molecule has 4 heteroatoms. The van der Waals surface area contributed by atoms with Crippen molar-refractivity contribution in [1.29, 1.82) is 0 Å². The van der Waals surface area contributed by atoms with E-state index in [4.69, 9.17) is 0 Å². The first-order valence-electron chi connectivity index (χ1n) is 3.84. The minimum atomic E-state index is 0.171. The molecule has 0 saturated heterocycles. The van der Waals surface area contributed by atoms with Crippen molar-refractivity contribution in [2.45, 2.75) is 13.3 Å². The van der Waals surface area contributed by atoms with Gasteiger partial charge in [-0.15, -0.1) is 10.2 Å². The SMILES string of the molecule is CCc1nnc2c(O)cccn12. The number of aromatic nitrogens is 3. The Balaban J connectivity index is 2.80. The Morgan fingerprint density at radius 1 is 1.50 bits per heavy atom. The predicted octanol–water partition coefficient (Wildman–Crippen LogP) is 0.997. The molecule has 0 aliphatic rings. The molecule has 0 spiro atoms. The van der Waals surface area contributed by atoms with Crippen molar-refractivity contribution in [2.75, 3.05) is 0 Å². The average Bonchev–Trinajstić information content (AvgIpc) is 2.49. The number of aromatic hydroxyl groups is 1. The summed E-state index contributed by atoms with van der Waals surface area (Å²) >= 11 is 0. The minimum Gasteiger partial charge on any atom is -0.504 e. The molecule has 0 saturated carbocycles. The fourth-order valence-corrected chi connectivity index (χ4v) is 1.19. The first-order valence-corrected chi connectivity index (χ1v) is 3.84. The maximum absolute atomic E-state index is 9.36. The third-order valence-corrected chi connectivity index (χ3v) is 1.80. The van der Waals surface area contributed by atoms with Crippen LogP contribution < -0.4 is 0 Å². The van der Waals surface area contributed by atoms with Gasteiger partial charge in [-0.2, -0.15) is 0 Å². The van der Waals surface area contributed by atoms with Gasteiger partial charge in [0.2, 0.25) is 5.65 Å². The van der Waals surface area contributed by atoms with E-state index in [2.05, 4.69) is 10.2 Å². The normalized spacial score (nSPS) is 10.8. The van der Waals surface area contributed by atoms with Crippen LogP contribution in [0.3, 0.4) is 0 Å². The van der Waals surface area contributed by atoms with Gasteiger partial charge in [-0.3, -0.25) is 4.40 Å². The number of nitrogens with zero attached hydrogens (tertiary/aromatic N) is 3. The van der Waals surface area contributed by atoms with E-state index in [0.717, 1.165) is 12.2 Å². The number of hydrogen-bond donors (Lipinski definition) is 1. The van der Waals surface area contributed by atoms with E-state index < -0.39 is 0 Å². The molecule has 0 bridgehead atoms. The molecule has 0 amide bonds. The number of hydrogen-bond acceptors (Lipinski definition) is 3. The quantitative estimate of drug-likeness (QED) is 0.682. The first kappa shape index (κ1) is 7.09. The van der Waals surface area contributed by atoms with Crippen LogP contribution in [0.15, 0.2) is 18.3 Å². The first-order chi connectivity index (χ1) is 5.83. The van der Waals surface area contributed by atoms with Gasteiger partial charge >= 0.3 is 0 Å². The van der Waals surface area contributed by atoms with E-state index in [1.165, 1.54) is 0 Å². The van der Waals surface area contributed by atoms with Gasteiger partial charge in [0.15, 0.2) is 5.75 Å². The third kappa shape index (κ3) is 0.845. The zero-order valence-electron chi connectivity index (χ0n) is 6.73. The molecule has 12 heavy (non-hydrogen) atoms. The highest BCUT2D eigenvalue weighted by atomic mass is 16.3. The van der Waals surface area contributed by atoms with Crippen molar-refractivity contribution in [3.8, 4) is 5.75 Å². The van der Waals surface area contributed by atoms with Gasteiger partial charge in [-0.1, -0.05) is 6.92 Å². The standard InChI is InChI=1S/C8H9N3O/c1-2-7-9-10-8-6(12)4-3-5-11(7)8/h3-5,12H,2H2,1H3. The van der Waals surface area contributed by atoms with Crippen LogP contribution in [-0.2, 0) is 6.42 Å². The Morgan fingerprint density at radius 3 is 3.08 bits per heavy atom. The maximum atomic E-state index is 9.36. The molecule has 2 aromatic rings. The van der Waals surface area contributed by atoms with E-state index in [9.17, 15) is 5.11 Å². The number of rotatable bonds is 1. The Hall–Kier alpha value is -1.58. The Morgan fingerprint density at radius 2 is 2.33 bits per heavy atom. The molecule has 2 aromatic heterocycles. The van der Waals surface area contributed by atoms with Gasteiger partial charge in [0.25, 0.3) is 0 Å². The summed E-state index contributed by atoms with van der Waals surface area (Å²) in [7, 11) is 0. The molecule has 2 rings (SSSR count). The van der Waals surface area contributed by atoms with E-state index in [0.29, 0.717) is 5.65 Å². The molecular formula is C8H9N3O. The van der Waals surface area contributed by atoms with Crippen LogP contribution in [0, 0.1) is 0 Å². The van der Waals surface area contributed by atoms with Gasteiger partial charge in [0.1, 0.15) is 5.82 Å². The molecule has 0 aliphatic carbocycles. The summed E-state index contributed by atoms with van der Waals surface area (Å²) in [5.74, 6) is 1.03. The number of fused-ring (bicyclic) bond motifs is 1.